The zero-order valence-corrected chi connectivity index (χ0v) is 11.1. The Kier molecular flexibility index (Phi) is 6.68. The van der Waals surface area contributed by atoms with Crippen molar-refractivity contribution in [3.63, 3.8) is 0 Å². The van der Waals surface area contributed by atoms with Gasteiger partial charge < -0.3 is 15.2 Å². The molecule has 1 unspecified atom stereocenters. The van der Waals surface area contributed by atoms with Crippen LogP contribution in [0.5, 0.6) is 5.75 Å². The highest BCUT2D eigenvalue weighted by Crippen LogP contribution is 2.19. The molecule has 2 N–H and O–H groups in total. The van der Waals surface area contributed by atoms with Crippen molar-refractivity contribution in [1.29, 1.82) is 0 Å². The van der Waals surface area contributed by atoms with Crippen molar-refractivity contribution in [2.45, 2.75) is 32.7 Å². The van der Waals surface area contributed by atoms with Crippen molar-refractivity contribution in [1.82, 2.24) is 0 Å². The molecule has 3 nitrogen and oxygen atoms in total. The predicted octanol–water partition coefficient (Wildman–Crippen LogP) is 2.52. The molecule has 102 valence electrons. The van der Waals surface area contributed by atoms with Gasteiger partial charge in [-0.05, 0) is 38.0 Å². The van der Waals surface area contributed by atoms with Gasteiger partial charge in [0.25, 0.3) is 0 Å². The van der Waals surface area contributed by atoms with Crippen LogP contribution >= 0.6 is 0 Å². The number of nitrogens with two attached hydrogens (primary N) is 1. The van der Waals surface area contributed by atoms with E-state index in [1.807, 2.05) is 19.9 Å². The second-order valence-electron chi connectivity index (χ2n) is 4.35. The van der Waals surface area contributed by atoms with E-state index in [0.717, 1.165) is 12.0 Å². The minimum absolute atomic E-state index is 0.0300. The first kappa shape index (κ1) is 14.9. The van der Waals surface area contributed by atoms with Gasteiger partial charge in [0.2, 0.25) is 0 Å². The Morgan fingerprint density at radius 1 is 1.33 bits per heavy atom. The SMILES string of the molecule is CCOCCCOc1ccc(CC(C)N)cc1F. The maximum Gasteiger partial charge on any atom is 0.165 e. The fourth-order valence-corrected chi connectivity index (χ4v) is 1.65. The average Bonchev–Trinajstić information content (AvgIpc) is 2.30. The molecule has 1 aromatic rings. The average molecular weight is 255 g/mol. The second-order valence-corrected chi connectivity index (χ2v) is 4.35. The summed E-state index contributed by atoms with van der Waals surface area (Å²) in [4.78, 5) is 0. The van der Waals surface area contributed by atoms with Gasteiger partial charge in [-0.2, -0.15) is 0 Å². The van der Waals surface area contributed by atoms with Crippen LogP contribution in [-0.4, -0.2) is 25.9 Å². The molecule has 1 aromatic carbocycles. The third-order valence-electron chi connectivity index (χ3n) is 2.45. The maximum atomic E-state index is 13.7. The molecule has 0 saturated heterocycles. The number of hydrogen-bond donors (Lipinski definition) is 1. The highest BCUT2D eigenvalue weighted by atomic mass is 19.1. The van der Waals surface area contributed by atoms with Crippen molar-refractivity contribution < 1.29 is 13.9 Å². The molecule has 18 heavy (non-hydrogen) atoms. The molecule has 4 heteroatoms. The van der Waals surface area contributed by atoms with Gasteiger partial charge in [-0.25, -0.2) is 4.39 Å². The Morgan fingerprint density at radius 2 is 2.11 bits per heavy atom. The molecule has 0 saturated carbocycles. The molecule has 0 heterocycles. The van der Waals surface area contributed by atoms with Crippen LogP contribution in [0, 0.1) is 5.82 Å². The summed E-state index contributed by atoms with van der Waals surface area (Å²) in [5.74, 6) is -0.0375. The summed E-state index contributed by atoms with van der Waals surface area (Å²) < 4.78 is 24.2. The molecule has 0 aromatic heterocycles. The number of ether oxygens (including phenoxy) is 2. The molecule has 0 spiro atoms. The van der Waals surface area contributed by atoms with Crippen molar-refractivity contribution in [3.8, 4) is 5.75 Å². The molecule has 1 atom stereocenters. The predicted molar refractivity (Wildman–Crippen MR) is 70.4 cm³/mol. The Bertz CT molecular complexity index is 356. The zero-order chi connectivity index (χ0) is 13.4. The van der Waals surface area contributed by atoms with Crippen LogP contribution in [0.1, 0.15) is 25.8 Å². The van der Waals surface area contributed by atoms with E-state index in [-0.39, 0.29) is 11.9 Å². The second kappa shape index (κ2) is 8.06. The van der Waals surface area contributed by atoms with Crippen molar-refractivity contribution in [2.24, 2.45) is 5.73 Å². The molecule has 0 aliphatic carbocycles. The molecular formula is C14H22FNO2. The largest absolute Gasteiger partial charge is 0.490 e. The lowest BCUT2D eigenvalue weighted by atomic mass is 10.1. The van der Waals surface area contributed by atoms with E-state index in [4.69, 9.17) is 15.2 Å². The smallest absolute Gasteiger partial charge is 0.165 e. The summed E-state index contributed by atoms with van der Waals surface area (Å²) in [5, 5.41) is 0. The normalized spacial score (nSPS) is 12.4. The lowest BCUT2D eigenvalue weighted by Crippen LogP contribution is -2.17. The van der Waals surface area contributed by atoms with Crippen LogP contribution in [0.15, 0.2) is 18.2 Å². The molecule has 0 aliphatic heterocycles. The topological polar surface area (TPSA) is 44.5 Å². The zero-order valence-electron chi connectivity index (χ0n) is 11.1. The molecule has 1 rings (SSSR count). The van der Waals surface area contributed by atoms with E-state index in [2.05, 4.69) is 0 Å². The van der Waals surface area contributed by atoms with Gasteiger partial charge in [-0.3, -0.25) is 0 Å². The van der Waals surface area contributed by atoms with Crippen LogP contribution in [0.2, 0.25) is 0 Å². The summed E-state index contributed by atoms with van der Waals surface area (Å²) in [7, 11) is 0. The number of rotatable bonds is 8. The van der Waals surface area contributed by atoms with Crippen LogP contribution in [-0.2, 0) is 11.2 Å². The molecule has 0 bridgehead atoms. The van der Waals surface area contributed by atoms with Gasteiger partial charge in [0.1, 0.15) is 0 Å². The Hall–Kier alpha value is -1.13. The molecule has 0 fully saturated rings. The summed E-state index contributed by atoms with van der Waals surface area (Å²) in [6.07, 6.45) is 1.43. The summed E-state index contributed by atoms with van der Waals surface area (Å²) in [6, 6.07) is 5.03. The third kappa shape index (κ3) is 5.47. The van der Waals surface area contributed by atoms with Gasteiger partial charge in [0, 0.05) is 25.7 Å². The van der Waals surface area contributed by atoms with Crippen molar-refractivity contribution in [3.05, 3.63) is 29.6 Å². The van der Waals surface area contributed by atoms with E-state index in [9.17, 15) is 4.39 Å². The molecule has 0 aliphatic rings. The van der Waals surface area contributed by atoms with Crippen LogP contribution < -0.4 is 10.5 Å². The molecular weight excluding hydrogens is 233 g/mol. The Labute approximate surface area is 108 Å². The minimum Gasteiger partial charge on any atom is -0.490 e. The first-order valence-corrected chi connectivity index (χ1v) is 6.38. The van der Waals surface area contributed by atoms with E-state index < -0.39 is 0 Å². The Balaban J connectivity index is 2.42. The molecule has 0 radical (unpaired) electrons. The summed E-state index contributed by atoms with van der Waals surface area (Å²) in [5.41, 5.74) is 6.56. The monoisotopic (exact) mass is 255 g/mol. The van der Waals surface area contributed by atoms with E-state index in [0.29, 0.717) is 32.0 Å². The van der Waals surface area contributed by atoms with Gasteiger partial charge in [0.05, 0.1) is 6.61 Å². The fourth-order valence-electron chi connectivity index (χ4n) is 1.65. The minimum atomic E-state index is -0.329. The third-order valence-corrected chi connectivity index (χ3v) is 2.45. The van der Waals surface area contributed by atoms with Gasteiger partial charge in [-0.1, -0.05) is 6.07 Å². The first-order valence-electron chi connectivity index (χ1n) is 6.38. The maximum absolute atomic E-state index is 13.7. The number of benzene rings is 1. The van der Waals surface area contributed by atoms with Crippen LogP contribution in [0.3, 0.4) is 0 Å². The summed E-state index contributed by atoms with van der Waals surface area (Å²) >= 11 is 0. The van der Waals surface area contributed by atoms with E-state index >= 15 is 0 Å². The van der Waals surface area contributed by atoms with E-state index in [1.165, 1.54) is 6.07 Å². The summed E-state index contributed by atoms with van der Waals surface area (Å²) in [6.45, 7) is 5.64. The van der Waals surface area contributed by atoms with Gasteiger partial charge in [-0.15, -0.1) is 0 Å². The fraction of sp³-hybridized carbons (Fsp3) is 0.571. The van der Waals surface area contributed by atoms with Crippen molar-refractivity contribution >= 4 is 0 Å². The standard InChI is InChI=1S/C14H22FNO2/c1-3-17-7-4-8-18-14-6-5-12(9-11(2)16)10-13(14)15/h5-6,10-11H,3-4,7-9,16H2,1-2H3. The van der Waals surface area contributed by atoms with Crippen LogP contribution in [0.25, 0.3) is 0 Å². The highest BCUT2D eigenvalue weighted by Gasteiger charge is 2.06. The van der Waals surface area contributed by atoms with Crippen molar-refractivity contribution in [2.75, 3.05) is 19.8 Å². The number of halogens is 1. The Morgan fingerprint density at radius 3 is 2.72 bits per heavy atom. The first-order chi connectivity index (χ1) is 8.63. The highest BCUT2D eigenvalue weighted by molar-refractivity contribution is 5.29. The van der Waals surface area contributed by atoms with Crippen LogP contribution in [0.4, 0.5) is 4.39 Å². The van der Waals surface area contributed by atoms with Gasteiger partial charge >= 0.3 is 0 Å². The number of hydrogen-bond acceptors (Lipinski definition) is 3. The lowest BCUT2D eigenvalue weighted by Gasteiger charge is -2.10. The molecule has 0 amide bonds. The lowest BCUT2D eigenvalue weighted by molar-refractivity contribution is 0.130. The van der Waals surface area contributed by atoms with E-state index in [1.54, 1.807) is 6.07 Å². The quantitative estimate of drug-likeness (QED) is 0.726. The van der Waals surface area contributed by atoms with Gasteiger partial charge in [0.15, 0.2) is 11.6 Å².